The smallest absolute Gasteiger partial charge is 0.288 e. The first-order chi connectivity index (χ1) is 6.20. The summed E-state index contributed by atoms with van der Waals surface area (Å²) in [5.41, 5.74) is 1.50. The fraction of sp³-hybridized carbons (Fsp3) is 0.100. The highest BCUT2D eigenvalue weighted by Crippen LogP contribution is 2.25. The first-order valence-corrected chi connectivity index (χ1v) is 4.26. The van der Waals surface area contributed by atoms with Crippen molar-refractivity contribution in [2.75, 3.05) is 0 Å². The molecule has 1 aromatic heterocycles. The summed E-state index contributed by atoms with van der Waals surface area (Å²) < 4.78 is 5.28. The minimum absolute atomic E-state index is 0.239. The molecule has 0 radical (unpaired) electrons. The monoisotopic (exact) mass is 194 g/mol. The van der Waals surface area contributed by atoms with Crippen LogP contribution in [-0.2, 0) is 0 Å². The SMILES string of the molecule is Cc1c(C(=O)Cl)oc2ccccc12. The van der Waals surface area contributed by atoms with E-state index < -0.39 is 5.24 Å². The van der Waals surface area contributed by atoms with Gasteiger partial charge < -0.3 is 4.42 Å². The maximum Gasteiger partial charge on any atom is 0.288 e. The van der Waals surface area contributed by atoms with Gasteiger partial charge in [-0.05, 0) is 24.6 Å². The number of rotatable bonds is 1. The van der Waals surface area contributed by atoms with Gasteiger partial charge in [-0.1, -0.05) is 18.2 Å². The Bertz CT molecular complexity index is 471. The van der Waals surface area contributed by atoms with Crippen molar-refractivity contribution < 1.29 is 9.21 Å². The van der Waals surface area contributed by atoms with Gasteiger partial charge in [0.15, 0.2) is 5.76 Å². The number of hydrogen-bond donors (Lipinski definition) is 0. The van der Waals surface area contributed by atoms with Gasteiger partial charge in [-0.25, -0.2) is 0 Å². The molecule has 3 heteroatoms. The Morgan fingerprint density at radius 1 is 1.38 bits per heavy atom. The Morgan fingerprint density at radius 2 is 2.08 bits per heavy atom. The molecule has 2 nitrogen and oxygen atoms in total. The lowest BCUT2D eigenvalue weighted by molar-refractivity contribution is 0.105. The number of fused-ring (bicyclic) bond motifs is 1. The van der Waals surface area contributed by atoms with E-state index in [1.165, 1.54) is 0 Å². The van der Waals surface area contributed by atoms with Crippen LogP contribution in [0.15, 0.2) is 28.7 Å². The molecule has 1 aromatic carbocycles. The fourth-order valence-corrected chi connectivity index (χ4v) is 1.54. The van der Waals surface area contributed by atoms with E-state index in [1.807, 2.05) is 31.2 Å². The van der Waals surface area contributed by atoms with Crippen LogP contribution in [0.4, 0.5) is 0 Å². The summed E-state index contributed by atoms with van der Waals surface area (Å²) in [4.78, 5) is 10.9. The second kappa shape index (κ2) is 2.89. The Kier molecular flexibility index (Phi) is 1.85. The van der Waals surface area contributed by atoms with Gasteiger partial charge >= 0.3 is 0 Å². The van der Waals surface area contributed by atoms with Gasteiger partial charge in [-0.2, -0.15) is 0 Å². The molecule has 0 aliphatic rings. The van der Waals surface area contributed by atoms with Gasteiger partial charge in [0, 0.05) is 10.9 Å². The molecule has 2 rings (SSSR count). The minimum Gasteiger partial charge on any atom is -0.451 e. The first kappa shape index (κ1) is 8.32. The van der Waals surface area contributed by atoms with Gasteiger partial charge in [0.05, 0.1) is 0 Å². The van der Waals surface area contributed by atoms with Crippen LogP contribution in [0.1, 0.15) is 16.1 Å². The number of furan rings is 1. The largest absolute Gasteiger partial charge is 0.451 e. The molecule has 0 spiro atoms. The average molecular weight is 195 g/mol. The third kappa shape index (κ3) is 1.23. The quantitative estimate of drug-likeness (QED) is 0.653. The van der Waals surface area contributed by atoms with Crippen molar-refractivity contribution in [2.24, 2.45) is 0 Å². The highest BCUT2D eigenvalue weighted by Gasteiger charge is 2.14. The molecule has 0 aliphatic carbocycles. The summed E-state index contributed by atoms with van der Waals surface area (Å²) in [5.74, 6) is 0.239. The third-order valence-corrected chi connectivity index (χ3v) is 2.19. The highest BCUT2D eigenvalue weighted by atomic mass is 35.5. The van der Waals surface area contributed by atoms with Crippen molar-refractivity contribution in [3.05, 3.63) is 35.6 Å². The molecule has 13 heavy (non-hydrogen) atoms. The summed E-state index contributed by atoms with van der Waals surface area (Å²) in [6.45, 7) is 1.82. The van der Waals surface area contributed by atoms with Crippen molar-refractivity contribution >= 4 is 27.8 Å². The molecule has 0 aliphatic heterocycles. The molecule has 0 unspecified atom stereocenters. The zero-order chi connectivity index (χ0) is 9.42. The Morgan fingerprint density at radius 3 is 2.69 bits per heavy atom. The Labute approximate surface area is 80.1 Å². The average Bonchev–Trinajstić information content (AvgIpc) is 2.45. The number of carbonyl (C=O) groups excluding carboxylic acids is 1. The van der Waals surface area contributed by atoms with E-state index in [2.05, 4.69) is 0 Å². The molecule has 0 saturated carbocycles. The van der Waals surface area contributed by atoms with E-state index in [0.717, 1.165) is 10.9 Å². The first-order valence-electron chi connectivity index (χ1n) is 3.88. The summed E-state index contributed by atoms with van der Waals surface area (Å²) in [5, 5.41) is 0.389. The second-order valence-corrected chi connectivity index (χ2v) is 3.17. The van der Waals surface area contributed by atoms with Crippen LogP contribution in [0, 0.1) is 6.92 Å². The molecule has 0 amide bonds. The zero-order valence-corrected chi connectivity index (χ0v) is 7.76. The number of halogens is 1. The van der Waals surface area contributed by atoms with Crippen LogP contribution >= 0.6 is 11.6 Å². The number of aryl methyl sites for hydroxylation is 1. The van der Waals surface area contributed by atoms with Crippen LogP contribution in [0.2, 0.25) is 0 Å². The zero-order valence-electron chi connectivity index (χ0n) is 7.00. The lowest BCUT2D eigenvalue weighted by Crippen LogP contribution is -1.86. The predicted octanol–water partition coefficient (Wildman–Crippen LogP) is 3.12. The lowest BCUT2D eigenvalue weighted by Gasteiger charge is -1.86. The maximum atomic E-state index is 10.9. The number of carbonyl (C=O) groups is 1. The van der Waals surface area contributed by atoms with Crippen molar-refractivity contribution in [2.45, 2.75) is 6.92 Å². The van der Waals surface area contributed by atoms with Gasteiger partial charge in [-0.15, -0.1) is 0 Å². The maximum absolute atomic E-state index is 10.9. The van der Waals surface area contributed by atoms with Gasteiger partial charge in [0.25, 0.3) is 5.24 Å². The molecule has 2 aromatic rings. The predicted molar refractivity (Wildman–Crippen MR) is 51.1 cm³/mol. The lowest BCUT2D eigenvalue weighted by atomic mass is 10.1. The van der Waals surface area contributed by atoms with E-state index in [0.29, 0.717) is 5.58 Å². The van der Waals surface area contributed by atoms with E-state index in [-0.39, 0.29) is 5.76 Å². The highest BCUT2D eigenvalue weighted by molar-refractivity contribution is 6.67. The fourth-order valence-electron chi connectivity index (χ4n) is 1.36. The minimum atomic E-state index is -0.547. The topological polar surface area (TPSA) is 30.2 Å². The summed E-state index contributed by atoms with van der Waals surface area (Å²) >= 11 is 5.35. The molecule has 0 atom stereocenters. The molecule has 0 bridgehead atoms. The molecular formula is C10H7ClO2. The van der Waals surface area contributed by atoms with Gasteiger partial charge in [0.2, 0.25) is 0 Å². The van der Waals surface area contributed by atoms with E-state index >= 15 is 0 Å². The molecule has 0 fully saturated rings. The second-order valence-electron chi connectivity index (χ2n) is 2.83. The van der Waals surface area contributed by atoms with E-state index in [9.17, 15) is 4.79 Å². The number of benzene rings is 1. The molecule has 0 N–H and O–H groups in total. The molecular weight excluding hydrogens is 188 g/mol. The number of hydrogen-bond acceptors (Lipinski definition) is 2. The van der Waals surface area contributed by atoms with Crippen molar-refractivity contribution in [1.29, 1.82) is 0 Å². The van der Waals surface area contributed by atoms with Crippen molar-refractivity contribution in [1.82, 2.24) is 0 Å². The van der Waals surface area contributed by atoms with Crippen LogP contribution in [0.25, 0.3) is 11.0 Å². The van der Waals surface area contributed by atoms with Crippen LogP contribution in [0.3, 0.4) is 0 Å². The van der Waals surface area contributed by atoms with Gasteiger partial charge in [-0.3, -0.25) is 4.79 Å². The van der Waals surface area contributed by atoms with Crippen LogP contribution in [0.5, 0.6) is 0 Å². The van der Waals surface area contributed by atoms with Gasteiger partial charge in [0.1, 0.15) is 5.58 Å². The Hall–Kier alpha value is -1.28. The third-order valence-electron chi connectivity index (χ3n) is 2.02. The summed E-state index contributed by atoms with van der Waals surface area (Å²) in [6.07, 6.45) is 0. The number of para-hydroxylation sites is 1. The van der Waals surface area contributed by atoms with Crippen molar-refractivity contribution in [3.63, 3.8) is 0 Å². The summed E-state index contributed by atoms with van der Waals surface area (Å²) in [7, 11) is 0. The normalized spacial score (nSPS) is 10.6. The van der Waals surface area contributed by atoms with Crippen LogP contribution in [-0.4, -0.2) is 5.24 Å². The molecule has 0 saturated heterocycles. The Balaban J connectivity index is 2.81. The molecule has 1 heterocycles. The van der Waals surface area contributed by atoms with Crippen molar-refractivity contribution in [3.8, 4) is 0 Å². The van der Waals surface area contributed by atoms with Crippen LogP contribution < -0.4 is 0 Å². The van der Waals surface area contributed by atoms with E-state index in [1.54, 1.807) is 0 Å². The molecule has 66 valence electrons. The standard InChI is InChI=1S/C10H7ClO2/c1-6-7-4-2-3-5-8(7)13-9(6)10(11)12/h2-5H,1H3. The summed E-state index contributed by atoms with van der Waals surface area (Å²) in [6, 6.07) is 7.46. The van der Waals surface area contributed by atoms with E-state index in [4.69, 9.17) is 16.0 Å².